The van der Waals surface area contributed by atoms with E-state index in [2.05, 4.69) is 17.0 Å². The Hall–Kier alpha value is -2.08. The number of piperazine rings is 1. The monoisotopic (exact) mass is 332 g/mol. The molecule has 130 valence electrons. The fourth-order valence-corrected chi connectivity index (χ4v) is 3.39. The van der Waals surface area contributed by atoms with Crippen LogP contribution < -0.4 is 14.5 Å². The van der Waals surface area contributed by atoms with Gasteiger partial charge >= 0.3 is 0 Å². The average Bonchev–Trinajstić information content (AvgIpc) is 2.64. The fourth-order valence-electron chi connectivity index (χ4n) is 3.39. The second-order valence-electron chi connectivity index (χ2n) is 6.53. The van der Waals surface area contributed by atoms with E-state index in [0.717, 1.165) is 45.0 Å². The summed E-state index contributed by atoms with van der Waals surface area (Å²) < 4.78 is 5.19. The zero-order valence-electron chi connectivity index (χ0n) is 14.3. The van der Waals surface area contributed by atoms with Gasteiger partial charge in [0.2, 0.25) is 0 Å². The number of nitrogens with zero attached hydrogens (tertiary/aromatic N) is 2. The largest absolute Gasteiger partial charge is 0.497 e. The van der Waals surface area contributed by atoms with Crippen molar-refractivity contribution in [3.63, 3.8) is 0 Å². The van der Waals surface area contributed by atoms with Gasteiger partial charge in [-0.1, -0.05) is 0 Å². The quantitative estimate of drug-likeness (QED) is 0.815. The summed E-state index contributed by atoms with van der Waals surface area (Å²) >= 11 is 0. The van der Waals surface area contributed by atoms with Gasteiger partial charge in [0.25, 0.3) is 5.91 Å². The minimum Gasteiger partial charge on any atom is -0.497 e. The van der Waals surface area contributed by atoms with Gasteiger partial charge < -0.3 is 19.4 Å². The van der Waals surface area contributed by atoms with Crippen LogP contribution >= 0.6 is 0 Å². The summed E-state index contributed by atoms with van der Waals surface area (Å²) in [4.78, 5) is 29.3. The summed E-state index contributed by atoms with van der Waals surface area (Å²) in [6.45, 7) is 5.36. The van der Waals surface area contributed by atoms with Crippen LogP contribution in [0, 0.1) is 0 Å². The molecule has 2 aliphatic rings. The predicted molar refractivity (Wildman–Crippen MR) is 91.6 cm³/mol. The highest BCUT2D eigenvalue weighted by Crippen LogP contribution is 2.20. The van der Waals surface area contributed by atoms with Gasteiger partial charge in [-0.2, -0.15) is 0 Å². The molecule has 2 heterocycles. The van der Waals surface area contributed by atoms with Gasteiger partial charge in [0.1, 0.15) is 11.5 Å². The van der Waals surface area contributed by atoms with E-state index in [-0.39, 0.29) is 5.91 Å². The van der Waals surface area contributed by atoms with Crippen LogP contribution in [0.25, 0.3) is 0 Å². The number of methoxy groups -OCH3 is 1. The predicted octanol–water partition coefficient (Wildman–Crippen LogP) is -0.408. The number of ketones is 1. The van der Waals surface area contributed by atoms with Crippen molar-refractivity contribution >= 4 is 17.4 Å². The second-order valence-corrected chi connectivity index (χ2v) is 6.53. The van der Waals surface area contributed by atoms with Crippen LogP contribution in [0.15, 0.2) is 24.3 Å². The third-order valence-electron chi connectivity index (χ3n) is 4.99. The van der Waals surface area contributed by atoms with E-state index < -0.39 is 0 Å². The molecule has 6 heteroatoms. The lowest BCUT2D eigenvalue weighted by Crippen LogP contribution is -3.14. The minimum absolute atomic E-state index is 0.216. The first-order chi connectivity index (χ1) is 11.7. The lowest BCUT2D eigenvalue weighted by atomic mass is 10.1. The van der Waals surface area contributed by atoms with Crippen molar-refractivity contribution in [1.29, 1.82) is 0 Å². The van der Waals surface area contributed by atoms with E-state index in [1.807, 2.05) is 17.0 Å². The Morgan fingerprint density at radius 1 is 1.08 bits per heavy atom. The van der Waals surface area contributed by atoms with Crippen LogP contribution in [0.4, 0.5) is 5.69 Å². The number of anilines is 1. The van der Waals surface area contributed by atoms with E-state index in [9.17, 15) is 9.59 Å². The number of benzene rings is 1. The van der Waals surface area contributed by atoms with Crippen LogP contribution in [0.1, 0.15) is 12.8 Å². The third kappa shape index (κ3) is 4.06. The highest BCUT2D eigenvalue weighted by molar-refractivity contribution is 5.79. The molecule has 0 unspecified atom stereocenters. The molecule has 0 bridgehead atoms. The summed E-state index contributed by atoms with van der Waals surface area (Å²) in [6, 6.07) is 8.05. The summed E-state index contributed by atoms with van der Waals surface area (Å²) in [5.41, 5.74) is 1.17. The molecule has 0 aliphatic carbocycles. The molecule has 2 fully saturated rings. The van der Waals surface area contributed by atoms with Crippen LogP contribution in [-0.2, 0) is 9.59 Å². The molecule has 1 aromatic rings. The lowest BCUT2D eigenvalue weighted by Gasteiger charge is -2.36. The lowest BCUT2D eigenvalue weighted by molar-refractivity contribution is -0.893. The Bertz CT molecular complexity index is 570. The zero-order valence-corrected chi connectivity index (χ0v) is 14.3. The van der Waals surface area contributed by atoms with Gasteiger partial charge in [0.15, 0.2) is 6.54 Å². The molecule has 2 aliphatic heterocycles. The first-order valence-electron chi connectivity index (χ1n) is 8.68. The SMILES string of the molecule is COc1ccc(N2CCN(C(=O)C[NH+]3CCC(=O)CC3)CC2)cc1. The molecule has 24 heavy (non-hydrogen) atoms. The Kier molecular flexibility index (Phi) is 5.35. The van der Waals surface area contributed by atoms with Crippen molar-refractivity contribution in [2.75, 3.05) is 57.8 Å². The summed E-state index contributed by atoms with van der Waals surface area (Å²) in [5, 5.41) is 0. The van der Waals surface area contributed by atoms with Gasteiger partial charge in [-0.15, -0.1) is 0 Å². The van der Waals surface area contributed by atoms with Gasteiger partial charge in [-0.3, -0.25) is 9.59 Å². The van der Waals surface area contributed by atoms with Gasteiger partial charge in [0, 0.05) is 31.9 Å². The molecule has 0 radical (unpaired) electrons. The van der Waals surface area contributed by atoms with Crippen LogP contribution in [0.2, 0.25) is 0 Å². The normalized spacial score (nSPS) is 19.5. The molecule has 1 aromatic carbocycles. The number of rotatable bonds is 4. The Morgan fingerprint density at radius 2 is 1.71 bits per heavy atom. The maximum absolute atomic E-state index is 12.5. The highest BCUT2D eigenvalue weighted by atomic mass is 16.5. The van der Waals surface area contributed by atoms with Crippen LogP contribution in [0.5, 0.6) is 5.75 Å². The van der Waals surface area contributed by atoms with E-state index in [1.165, 1.54) is 10.6 Å². The summed E-state index contributed by atoms with van der Waals surface area (Å²) in [5.74, 6) is 1.41. The van der Waals surface area contributed by atoms with E-state index in [0.29, 0.717) is 25.2 Å². The molecular weight excluding hydrogens is 306 g/mol. The van der Waals surface area contributed by atoms with Crippen molar-refractivity contribution in [1.82, 2.24) is 4.90 Å². The minimum atomic E-state index is 0.216. The number of nitrogens with one attached hydrogen (secondary N) is 1. The summed E-state index contributed by atoms with van der Waals surface area (Å²) in [6.07, 6.45) is 1.24. The molecule has 1 N–H and O–H groups in total. The summed E-state index contributed by atoms with van der Waals surface area (Å²) in [7, 11) is 1.67. The molecule has 0 saturated carbocycles. The molecule has 6 nitrogen and oxygen atoms in total. The molecule has 0 spiro atoms. The number of likely N-dealkylation sites (tertiary alicyclic amines) is 1. The van der Waals surface area contributed by atoms with E-state index in [4.69, 9.17) is 4.74 Å². The average molecular weight is 332 g/mol. The zero-order chi connectivity index (χ0) is 16.9. The third-order valence-corrected chi connectivity index (χ3v) is 4.99. The first kappa shape index (κ1) is 16.8. The van der Waals surface area contributed by atoms with Gasteiger partial charge in [0.05, 0.1) is 33.0 Å². The number of hydrogen-bond donors (Lipinski definition) is 1. The first-order valence-corrected chi connectivity index (χ1v) is 8.68. The smallest absolute Gasteiger partial charge is 0.277 e. The number of hydrogen-bond acceptors (Lipinski definition) is 4. The van der Waals surface area contributed by atoms with Crippen molar-refractivity contribution in [2.24, 2.45) is 0 Å². The van der Waals surface area contributed by atoms with Gasteiger partial charge in [-0.05, 0) is 24.3 Å². The fraction of sp³-hybridized carbons (Fsp3) is 0.556. The van der Waals surface area contributed by atoms with Crippen LogP contribution in [-0.4, -0.2) is 69.5 Å². The number of Topliss-reactive ketones (excluding diaryl/α,β-unsaturated/α-hetero) is 1. The molecular formula is C18H26N3O3+. The van der Waals surface area contributed by atoms with E-state index in [1.54, 1.807) is 7.11 Å². The number of ether oxygens (including phenoxy) is 1. The Morgan fingerprint density at radius 3 is 2.29 bits per heavy atom. The van der Waals surface area contributed by atoms with Crippen LogP contribution in [0.3, 0.4) is 0 Å². The molecule has 0 aromatic heterocycles. The topological polar surface area (TPSA) is 54.3 Å². The van der Waals surface area contributed by atoms with Crippen molar-refractivity contribution < 1.29 is 19.2 Å². The molecule has 0 atom stereocenters. The maximum atomic E-state index is 12.5. The number of piperidine rings is 1. The second kappa shape index (κ2) is 7.66. The maximum Gasteiger partial charge on any atom is 0.277 e. The highest BCUT2D eigenvalue weighted by Gasteiger charge is 2.26. The molecule has 2 saturated heterocycles. The van der Waals surface area contributed by atoms with Crippen molar-refractivity contribution in [3.05, 3.63) is 24.3 Å². The van der Waals surface area contributed by atoms with Gasteiger partial charge in [-0.25, -0.2) is 0 Å². The standard InChI is InChI=1S/C18H25N3O3/c1-24-17-4-2-15(3-5-17)20-10-12-21(13-11-20)18(23)14-19-8-6-16(22)7-9-19/h2-5H,6-14H2,1H3/p+1. The van der Waals surface area contributed by atoms with Crippen molar-refractivity contribution in [2.45, 2.75) is 12.8 Å². The van der Waals surface area contributed by atoms with Crippen molar-refractivity contribution in [3.8, 4) is 5.75 Å². The number of amides is 1. The number of carbonyl (C=O) groups excluding carboxylic acids is 2. The number of carbonyl (C=O) groups is 2. The Balaban J connectivity index is 1.47. The van der Waals surface area contributed by atoms with E-state index >= 15 is 0 Å². The molecule has 3 rings (SSSR count). The number of quaternary nitrogens is 1. The molecule has 1 amide bonds. The Labute approximate surface area is 143 Å².